The van der Waals surface area contributed by atoms with Crippen LogP contribution in [0.3, 0.4) is 0 Å². The van der Waals surface area contributed by atoms with Crippen molar-refractivity contribution in [1.29, 1.82) is 0 Å². The Kier molecular flexibility index (Phi) is 35.9. The van der Waals surface area contributed by atoms with Gasteiger partial charge in [0.05, 0.1) is 0 Å². The predicted octanol–water partition coefficient (Wildman–Crippen LogP) is -2.89. The van der Waals surface area contributed by atoms with E-state index in [9.17, 15) is 56.8 Å². The van der Waals surface area contributed by atoms with E-state index in [4.69, 9.17) is 0 Å². The molecule has 6 unspecified atom stereocenters. The average Bonchev–Trinajstić information content (AvgIpc) is 2.10. The molecule has 0 aromatic carbocycles. The molecule has 15 nitrogen and oxygen atoms in total. The normalized spacial score (nSPS) is 12.3. The molecule has 0 spiro atoms. The molecular formula is Cr2O15P6+6. The van der Waals surface area contributed by atoms with Gasteiger partial charge in [0.25, 0.3) is 0 Å². The molecule has 0 aromatic heterocycles. The van der Waals surface area contributed by atoms with Crippen molar-refractivity contribution in [3.63, 3.8) is 0 Å². The van der Waals surface area contributed by atoms with Crippen LogP contribution in [0, 0.1) is 0 Å². The largest absolute Gasteiger partial charge is 3.00 e. The minimum absolute atomic E-state index is 0. The molecule has 6 atom stereocenters. The summed E-state index contributed by atoms with van der Waals surface area (Å²) in [5, 5.41) is 0. The second-order valence-corrected chi connectivity index (χ2v) is 6.23. The quantitative estimate of drug-likeness (QED) is 0.312. The number of rotatable bonds is 6. The van der Waals surface area contributed by atoms with Gasteiger partial charge in [0.1, 0.15) is 12.9 Å². The Balaban J connectivity index is -0.0000000675. The molecule has 0 aliphatic heterocycles. The maximum absolute atomic E-state index is 9.24. The van der Waals surface area contributed by atoms with Gasteiger partial charge in [-0.05, 0) is 27.4 Å². The second kappa shape index (κ2) is 23.3. The summed E-state index contributed by atoms with van der Waals surface area (Å²) in [4.78, 5) is 55.4. The standard InChI is InChI=1S/2Cr.3O5P2/c;;3*1-6(2)5-7(3)4/q2*+3;;;. The molecule has 2 radical (unpaired) electrons. The molecule has 0 rings (SSSR count). The van der Waals surface area contributed by atoms with Crippen LogP contribution in [0.2, 0.25) is 0 Å². The molecule has 23 heavy (non-hydrogen) atoms. The van der Waals surface area contributed by atoms with Gasteiger partial charge >= 0.3 is 84.3 Å². The maximum Gasteiger partial charge on any atom is 3.00 e. The molecule has 0 aliphatic rings. The van der Waals surface area contributed by atoms with Gasteiger partial charge in [-0.1, -0.05) is 0 Å². The molecule has 0 N–H and O–H groups in total. The first-order valence-electron chi connectivity index (χ1n) is 3.29. The zero-order chi connectivity index (χ0) is 17.6. The van der Waals surface area contributed by atoms with Crippen molar-refractivity contribution in [2.45, 2.75) is 0 Å². The first-order valence-corrected chi connectivity index (χ1v) is 9.86. The summed E-state index contributed by atoms with van der Waals surface area (Å²) in [6.45, 7) is 0. The van der Waals surface area contributed by atoms with E-state index in [1.54, 1.807) is 0 Å². The van der Waals surface area contributed by atoms with E-state index in [1.165, 1.54) is 0 Å². The molecule has 0 saturated carbocycles. The van der Waals surface area contributed by atoms with Gasteiger partial charge in [-0.2, -0.15) is 0 Å². The maximum atomic E-state index is 9.24. The van der Waals surface area contributed by atoms with Crippen molar-refractivity contribution in [2.75, 3.05) is 0 Å². The van der Waals surface area contributed by atoms with Crippen LogP contribution in [0.1, 0.15) is 0 Å². The first kappa shape index (κ1) is 35.4. The summed E-state index contributed by atoms with van der Waals surface area (Å²) in [7, 11) is -19.4. The Bertz CT molecular complexity index is 318. The van der Waals surface area contributed by atoms with E-state index in [-0.39, 0.29) is 34.7 Å². The van der Waals surface area contributed by atoms with Gasteiger partial charge in [0.2, 0.25) is 0 Å². The molecule has 0 saturated heterocycles. The molecular weight excluding hydrogens is 530 g/mol. The Morgan fingerprint density at radius 2 is 0.478 bits per heavy atom. The third kappa shape index (κ3) is 59.8. The third-order valence-corrected chi connectivity index (χ3v) is 3.60. The SMILES string of the molecule is O=[P+]([O-])O[P+](=O)[O-].O=[P+]([O-])O[P+](=O)[O-].O=[P+]([O-])O[P+](=O)[O-].[Cr+3].[Cr+3]. The molecule has 0 heterocycles. The van der Waals surface area contributed by atoms with Crippen LogP contribution in [0.15, 0.2) is 0 Å². The first-order chi connectivity index (χ1) is 9.38. The van der Waals surface area contributed by atoms with Gasteiger partial charge in [-0.25, -0.2) is 0 Å². The monoisotopic (exact) mass is 530 g/mol. The van der Waals surface area contributed by atoms with Gasteiger partial charge in [-0.15, -0.1) is 0 Å². The van der Waals surface area contributed by atoms with Crippen LogP contribution < -0.4 is 29.4 Å². The molecule has 0 amide bonds. The van der Waals surface area contributed by atoms with Crippen LogP contribution >= 0.6 is 49.5 Å². The zero-order valence-corrected chi connectivity index (χ0v) is 17.5. The fourth-order valence-electron chi connectivity index (χ4n) is 0.163. The Morgan fingerprint density at radius 3 is 0.478 bits per heavy atom. The van der Waals surface area contributed by atoms with Crippen molar-refractivity contribution in [1.82, 2.24) is 0 Å². The van der Waals surface area contributed by atoms with Crippen molar-refractivity contribution >= 4 is 49.5 Å². The minimum Gasteiger partial charge on any atom is -0.563 e. The molecule has 0 aliphatic carbocycles. The van der Waals surface area contributed by atoms with Crippen molar-refractivity contribution in [3.8, 4) is 0 Å². The summed E-state index contributed by atoms with van der Waals surface area (Å²) in [6, 6.07) is 0. The fourth-order valence-corrected chi connectivity index (χ4v) is 1.47. The molecule has 0 fully saturated rings. The molecule has 126 valence electrons. The minimum atomic E-state index is -3.24. The van der Waals surface area contributed by atoms with Gasteiger partial charge in [0.15, 0.2) is 0 Å². The van der Waals surface area contributed by atoms with Crippen LogP contribution in [0.25, 0.3) is 0 Å². The average molecular weight is 530 g/mol. The zero-order valence-electron chi connectivity index (χ0n) is 9.62. The van der Waals surface area contributed by atoms with E-state index in [2.05, 4.69) is 12.9 Å². The molecule has 0 aromatic rings. The Hall–Kier alpha value is 1.30. The predicted molar refractivity (Wildman–Crippen MR) is 48.9 cm³/mol. The number of hydrogen-bond donors (Lipinski definition) is 0. The van der Waals surface area contributed by atoms with Crippen LogP contribution in [0.4, 0.5) is 0 Å². The van der Waals surface area contributed by atoms with E-state index >= 15 is 0 Å². The van der Waals surface area contributed by atoms with E-state index in [0.717, 1.165) is 0 Å². The van der Waals surface area contributed by atoms with Crippen LogP contribution in [-0.4, -0.2) is 0 Å². The van der Waals surface area contributed by atoms with Crippen molar-refractivity contribution in [2.24, 2.45) is 0 Å². The van der Waals surface area contributed by atoms with E-state index in [0.29, 0.717) is 0 Å². The van der Waals surface area contributed by atoms with Crippen LogP contribution in [-0.2, 0) is 75.0 Å². The second-order valence-electron chi connectivity index (χ2n) is 1.59. The van der Waals surface area contributed by atoms with E-state index in [1.807, 2.05) is 0 Å². The fraction of sp³-hybridized carbons (Fsp3) is 0. The number of hydrogen-bond acceptors (Lipinski definition) is 15. The van der Waals surface area contributed by atoms with Gasteiger partial charge < -0.3 is 29.4 Å². The summed E-state index contributed by atoms with van der Waals surface area (Å²) >= 11 is 0. The topological polar surface area (TPSA) is 268 Å². The van der Waals surface area contributed by atoms with Gasteiger partial charge in [0, 0.05) is 0 Å². The summed E-state index contributed by atoms with van der Waals surface area (Å²) in [5.74, 6) is 0. The van der Waals surface area contributed by atoms with Crippen molar-refractivity contribution in [3.05, 3.63) is 0 Å². The Labute approximate surface area is 154 Å². The smallest absolute Gasteiger partial charge is 0.563 e. The molecule has 23 heteroatoms. The van der Waals surface area contributed by atoms with E-state index < -0.39 is 49.5 Å². The van der Waals surface area contributed by atoms with Gasteiger partial charge in [-0.3, -0.25) is 0 Å². The summed E-state index contributed by atoms with van der Waals surface area (Å²) in [6.07, 6.45) is 0. The molecule has 0 bridgehead atoms. The summed E-state index contributed by atoms with van der Waals surface area (Å²) in [5.41, 5.74) is 0. The third-order valence-electron chi connectivity index (χ3n) is 0.400. The Morgan fingerprint density at radius 1 is 0.391 bits per heavy atom. The summed E-state index contributed by atoms with van der Waals surface area (Å²) < 4.78 is 64.9. The van der Waals surface area contributed by atoms with Crippen molar-refractivity contribution < 1.29 is 104 Å². The van der Waals surface area contributed by atoms with Crippen LogP contribution in [0.5, 0.6) is 0 Å².